The summed E-state index contributed by atoms with van der Waals surface area (Å²) >= 11 is 10.3. The molecule has 1 N–H and O–H groups in total. The molecule has 1 amide bonds. The predicted molar refractivity (Wildman–Crippen MR) is 309 cm³/mol. The minimum Gasteiger partial charge on any atom is -0.373 e. The molecule has 1 aliphatic heterocycles. The number of aliphatic imine (C=N–C) groups is 1. The number of halogens is 6. The van der Waals surface area contributed by atoms with E-state index in [4.69, 9.17) is 32.4 Å². The number of pyridine rings is 1. The van der Waals surface area contributed by atoms with Crippen LogP contribution in [0.5, 0.6) is 0 Å². The number of amides is 1. The van der Waals surface area contributed by atoms with Crippen molar-refractivity contribution in [1.82, 2.24) is 19.7 Å². The minimum absolute atomic E-state index is 0.0177. The topological polar surface area (TPSA) is 134 Å². The van der Waals surface area contributed by atoms with E-state index in [0.29, 0.717) is 46.5 Å². The van der Waals surface area contributed by atoms with Crippen LogP contribution in [-0.4, -0.2) is 92.3 Å². The van der Waals surface area contributed by atoms with Crippen LogP contribution >= 0.6 is 11.6 Å². The average molecular weight is 1150 g/mol. The number of aromatic nitrogens is 3. The van der Waals surface area contributed by atoms with Crippen LogP contribution in [0.4, 0.5) is 33.5 Å². The molecule has 1 saturated heterocycles. The molecule has 0 radical (unpaired) electrons. The molecular weight excluding hydrogens is 1080 g/mol. The van der Waals surface area contributed by atoms with Gasteiger partial charge in [-0.2, -0.15) is 9.31 Å². The van der Waals surface area contributed by atoms with Crippen molar-refractivity contribution >= 4 is 68.6 Å². The van der Waals surface area contributed by atoms with Gasteiger partial charge in [-0.1, -0.05) is 52.1 Å². The Balaban J connectivity index is 0.000000287. The normalized spacial score (nSPS) is 19.5. The van der Waals surface area contributed by atoms with Gasteiger partial charge in [-0.05, 0) is 164 Å². The third-order valence-electron chi connectivity index (χ3n) is 14.8. The van der Waals surface area contributed by atoms with Crippen LogP contribution in [0.3, 0.4) is 0 Å². The second-order valence-corrected chi connectivity index (χ2v) is 23.1. The van der Waals surface area contributed by atoms with Crippen LogP contribution in [0.15, 0.2) is 41.4 Å². The number of benzene rings is 2. The molecule has 3 heterocycles. The van der Waals surface area contributed by atoms with Gasteiger partial charge in [0.05, 0.1) is 40.7 Å². The molecule has 430 valence electrons. The van der Waals surface area contributed by atoms with E-state index < -0.39 is 60.7 Å². The summed E-state index contributed by atoms with van der Waals surface area (Å²) in [5, 5.41) is 13.7. The number of morpholine rings is 1. The maximum atomic E-state index is 16.0. The van der Waals surface area contributed by atoms with Gasteiger partial charge in [-0.3, -0.25) is 19.2 Å². The maximum absolute atomic E-state index is 16.0. The number of anilines is 1. The quantitative estimate of drug-likeness (QED) is 0.0478. The molecule has 2 aromatic heterocycles. The lowest BCUT2D eigenvalue weighted by Gasteiger charge is -2.35. The van der Waals surface area contributed by atoms with Gasteiger partial charge in [0.2, 0.25) is 5.92 Å². The van der Waals surface area contributed by atoms with Gasteiger partial charge in [0.25, 0.3) is 5.91 Å². The smallest absolute Gasteiger partial charge is 0.262 e. The van der Waals surface area contributed by atoms with E-state index in [2.05, 4.69) is 71.5 Å². The minimum atomic E-state index is -2.97. The van der Waals surface area contributed by atoms with Crippen molar-refractivity contribution in [2.45, 2.75) is 176 Å². The molecule has 4 atom stereocenters. The van der Waals surface area contributed by atoms with Gasteiger partial charge in [0, 0.05) is 84.2 Å². The SMILES string of the molecule is C#CC(Cc1cc(F)cc(F)c1)CN(C(=O)c1c(C)cc(C2(F)CCC(F)(F)CC2)nc1N=C)c1ccc(Cl)c(C(=N)C(C)C)c1C.CC(=O)Cn1nc(C2CC2)c2c1CC(C)C2.CCCCCN1CC(C)OC(C)C1.O=S=S. The number of hydrogen-bond donors (Lipinski definition) is 1. The van der Waals surface area contributed by atoms with Gasteiger partial charge in [0.1, 0.15) is 11.6 Å². The van der Waals surface area contributed by atoms with Gasteiger partial charge in [-0.25, -0.2) is 31.9 Å². The number of Topliss-reactive ketones (excluding diaryl/α,β-unsaturated/α-hetero) is 1. The highest BCUT2D eigenvalue weighted by Crippen LogP contribution is 2.47. The van der Waals surface area contributed by atoms with Gasteiger partial charge < -0.3 is 15.0 Å². The number of aryl methyl sites for hydroxylation is 1. The fourth-order valence-electron chi connectivity index (χ4n) is 10.8. The molecule has 2 saturated carbocycles. The Labute approximate surface area is 477 Å². The zero-order chi connectivity index (χ0) is 58.5. The number of ether oxygens (including phenoxy) is 1. The number of unbranched alkanes of at least 4 members (excludes halogenated alkanes) is 2. The third-order valence-corrected chi connectivity index (χ3v) is 15.1. The number of nitrogens with one attached hydrogen (secondary N) is 1. The highest BCUT2D eigenvalue weighted by atomic mass is 35.5. The van der Waals surface area contributed by atoms with Crippen LogP contribution in [0.1, 0.15) is 167 Å². The summed E-state index contributed by atoms with van der Waals surface area (Å²) < 4.78 is 88.1. The summed E-state index contributed by atoms with van der Waals surface area (Å²) in [4.78, 5) is 38.0. The van der Waals surface area contributed by atoms with Crippen LogP contribution in [0.25, 0.3) is 0 Å². The Hall–Kier alpha value is -5.06. The summed E-state index contributed by atoms with van der Waals surface area (Å²) in [5.41, 5.74) is 3.97. The number of hydrogen-bond acceptors (Lipinski definition) is 10. The number of carbonyl (C=O) groups is 2. The first-order chi connectivity index (χ1) is 37.3. The second-order valence-electron chi connectivity index (χ2n) is 22.1. The first-order valence-electron chi connectivity index (χ1n) is 27.3. The van der Waals surface area contributed by atoms with Crippen molar-refractivity contribution in [3.63, 3.8) is 0 Å². The van der Waals surface area contributed by atoms with E-state index in [0.717, 1.165) is 43.6 Å². The Morgan fingerprint density at radius 2 is 1.63 bits per heavy atom. The van der Waals surface area contributed by atoms with Gasteiger partial charge in [-0.15, -0.1) is 12.3 Å². The molecule has 19 heteroatoms. The summed E-state index contributed by atoms with van der Waals surface area (Å²) in [5.74, 6) is -2.02. The van der Waals surface area contributed by atoms with Crippen LogP contribution in [-0.2, 0) is 62.4 Å². The molecule has 2 aromatic carbocycles. The maximum Gasteiger partial charge on any atom is 0.262 e. The molecule has 4 aliphatic rings. The van der Waals surface area contributed by atoms with E-state index in [1.807, 2.05) is 18.5 Å². The highest BCUT2D eigenvalue weighted by Gasteiger charge is 2.46. The number of terminal acetylenes is 1. The molecular formula is C60H77ClF5N7O4S2. The van der Waals surface area contributed by atoms with Gasteiger partial charge in [0.15, 0.2) is 27.5 Å². The molecule has 0 bridgehead atoms. The molecule has 11 nitrogen and oxygen atoms in total. The van der Waals surface area contributed by atoms with Crippen molar-refractivity contribution in [1.29, 1.82) is 5.41 Å². The highest BCUT2D eigenvalue weighted by molar-refractivity contribution is 8.11. The summed E-state index contributed by atoms with van der Waals surface area (Å²) in [6, 6.07) is 7.61. The largest absolute Gasteiger partial charge is 0.373 e. The molecule has 8 rings (SSSR count). The Bertz CT molecular complexity index is 2860. The Morgan fingerprint density at radius 1 is 1.01 bits per heavy atom. The first-order valence-corrected chi connectivity index (χ1v) is 29.4. The van der Waals surface area contributed by atoms with Crippen molar-refractivity contribution in [3.8, 4) is 12.3 Å². The van der Waals surface area contributed by atoms with Crippen LogP contribution in [0, 0.1) is 61.0 Å². The second kappa shape index (κ2) is 29.1. The fourth-order valence-corrected chi connectivity index (χ4v) is 11.1. The Morgan fingerprint density at radius 3 is 2.18 bits per heavy atom. The van der Waals surface area contributed by atoms with E-state index in [-0.39, 0.29) is 68.8 Å². The molecule has 4 unspecified atom stereocenters. The third kappa shape index (κ3) is 17.7. The van der Waals surface area contributed by atoms with Gasteiger partial charge >= 0.3 is 0 Å². The number of fused-ring (bicyclic) bond motifs is 1. The first kappa shape index (κ1) is 64.8. The lowest BCUT2D eigenvalue weighted by molar-refractivity contribution is -0.117. The lowest BCUT2D eigenvalue weighted by Crippen LogP contribution is -2.45. The summed E-state index contributed by atoms with van der Waals surface area (Å²) in [7, 11) is 0.0833. The standard InChI is InChI=1S/C36H36ClF5N4O.C13H18N2O.C11H23NO.OS2/c1-7-23(15-24-16-25(38)18-26(39)17-24)19-46(28-9-8-27(37)31(22(28)5)32(43)20(2)3)34(47)30-21(4)14-29(45-33(30)44-6)35(40)10-12-36(41,42)13-11-35;1-8-5-11-12(6-8)15(7-9(2)16)14-13(11)10-3-4-10;1-4-5-6-7-12-8-10(2)13-11(3)9-12;1-3-2/h1,8-9,14,16-18,20,23,43H,6,10-13,15,19H2,2-5H3;8,10H,3-7H2,1-2H3;10-11H,4-9H2,1-3H3;. The summed E-state index contributed by atoms with van der Waals surface area (Å²) in [6.45, 7) is 24.8. The predicted octanol–water partition coefficient (Wildman–Crippen LogP) is 13.5. The monoisotopic (exact) mass is 1150 g/mol. The molecule has 0 spiro atoms. The van der Waals surface area contributed by atoms with Crippen LogP contribution < -0.4 is 4.90 Å². The number of rotatable bonds is 17. The average Bonchev–Trinajstić information content (AvgIpc) is 4.14. The zero-order valence-corrected chi connectivity index (χ0v) is 49.5. The Kier molecular flexibility index (Phi) is 23.8. The van der Waals surface area contributed by atoms with E-state index >= 15 is 4.39 Å². The number of carbonyl (C=O) groups excluding carboxylic acids is 2. The van der Waals surface area contributed by atoms with Crippen molar-refractivity contribution in [3.05, 3.63) is 104 Å². The zero-order valence-electron chi connectivity index (χ0n) is 47.1. The molecule has 4 aromatic rings. The number of alkyl halides is 3. The summed E-state index contributed by atoms with van der Waals surface area (Å²) in [6.07, 6.45) is 13.5. The molecule has 3 fully saturated rings. The fraction of sp³-hybridized carbons (Fsp3) is 0.567. The lowest BCUT2D eigenvalue weighted by atomic mass is 9.81. The van der Waals surface area contributed by atoms with Crippen molar-refractivity contribution < 1.29 is 40.5 Å². The molecule has 79 heavy (non-hydrogen) atoms. The van der Waals surface area contributed by atoms with E-state index in [1.165, 1.54) is 73.0 Å². The van der Waals surface area contributed by atoms with E-state index in [1.54, 1.807) is 32.9 Å². The molecule has 3 aliphatic carbocycles. The van der Waals surface area contributed by atoms with Crippen LogP contribution in [0.2, 0.25) is 5.02 Å². The van der Waals surface area contributed by atoms with E-state index in [9.17, 15) is 27.2 Å². The number of ketones is 1. The number of nitrogens with zero attached hydrogens (tertiary/aromatic N) is 6. The van der Waals surface area contributed by atoms with Crippen molar-refractivity contribution in [2.75, 3.05) is 31.1 Å². The van der Waals surface area contributed by atoms with Crippen molar-refractivity contribution in [2.24, 2.45) is 22.7 Å².